The van der Waals surface area contributed by atoms with Gasteiger partial charge in [-0.25, -0.2) is 0 Å². The number of rotatable bonds is 10. The van der Waals surface area contributed by atoms with Gasteiger partial charge in [0.2, 0.25) is 0 Å². The van der Waals surface area contributed by atoms with Crippen LogP contribution in [0.5, 0.6) is 5.75 Å². The first-order valence-corrected chi connectivity index (χ1v) is 11.3. The van der Waals surface area contributed by atoms with Gasteiger partial charge in [0.15, 0.2) is 5.78 Å². The van der Waals surface area contributed by atoms with Gasteiger partial charge in [0, 0.05) is 31.9 Å². The fraction of sp³-hybridized carbons (Fsp3) is 0.240. The molecule has 3 rings (SSSR count). The third kappa shape index (κ3) is 6.77. The minimum absolute atomic E-state index is 0.0786. The summed E-state index contributed by atoms with van der Waals surface area (Å²) in [7, 11) is 1.59. The van der Waals surface area contributed by atoms with Crippen molar-refractivity contribution in [1.29, 1.82) is 0 Å². The molecule has 3 aromatic rings. The van der Waals surface area contributed by atoms with Crippen molar-refractivity contribution in [2.75, 3.05) is 13.4 Å². The topological polar surface area (TPSA) is 64.1 Å². The zero-order chi connectivity index (χ0) is 22.1. The van der Waals surface area contributed by atoms with Crippen molar-refractivity contribution in [1.82, 2.24) is 15.3 Å². The Bertz CT molecular complexity index is 1030. The van der Waals surface area contributed by atoms with Crippen molar-refractivity contribution >= 4 is 17.5 Å². The van der Waals surface area contributed by atoms with Gasteiger partial charge >= 0.3 is 0 Å². The number of carbonyl (C=O) groups is 1. The summed E-state index contributed by atoms with van der Waals surface area (Å²) < 4.78 is 5.51. The number of thioether (sulfide) groups is 1. The van der Waals surface area contributed by atoms with Crippen LogP contribution in [0.15, 0.2) is 71.9 Å². The molecule has 0 aliphatic heterocycles. The lowest BCUT2D eigenvalue weighted by molar-refractivity contribution is 0.104. The van der Waals surface area contributed by atoms with Crippen LogP contribution >= 0.6 is 11.8 Å². The molecule has 0 atom stereocenters. The molecule has 1 N–H and O–H groups in total. The highest BCUT2D eigenvalue weighted by Crippen LogP contribution is 2.24. The van der Waals surface area contributed by atoms with Crippen molar-refractivity contribution in [3.63, 3.8) is 0 Å². The molecule has 0 aliphatic rings. The van der Waals surface area contributed by atoms with Crippen LogP contribution in [0.25, 0.3) is 0 Å². The van der Waals surface area contributed by atoms with Gasteiger partial charge in [0.25, 0.3) is 0 Å². The van der Waals surface area contributed by atoms with E-state index in [9.17, 15) is 4.79 Å². The average molecular weight is 434 g/mol. The average Bonchev–Trinajstić information content (AvgIpc) is 2.80. The SMILES string of the molecule is COc1cc(CNCc2ccccc2)ccc1C(=O)/C=C(/Cc1cnc(C)cn1)SC. The van der Waals surface area contributed by atoms with Gasteiger partial charge in [0.1, 0.15) is 5.75 Å². The highest BCUT2D eigenvalue weighted by molar-refractivity contribution is 8.02. The van der Waals surface area contributed by atoms with Gasteiger partial charge in [-0.2, -0.15) is 0 Å². The van der Waals surface area contributed by atoms with Crippen molar-refractivity contribution in [3.8, 4) is 5.75 Å². The fourth-order valence-corrected chi connectivity index (χ4v) is 3.61. The first-order chi connectivity index (χ1) is 15.1. The number of allylic oxidation sites excluding steroid dienone is 2. The van der Waals surface area contributed by atoms with E-state index in [1.54, 1.807) is 25.6 Å². The molecule has 0 unspecified atom stereocenters. The molecule has 0 spiro atoms. The molecule has 2 aromatic carbocycles. The number of carbonyl (C=O) groups excluding carboxylic acids is 1. The fourth-order valence-electron chi connectivity index (χ4n) is 3.09. The van der Waals surface area contributed by atoms with Gasteiger partial charge in [0.05, 0.1) is 24.1 Å². The number of aryl methyl sites for hydroxylation is 1. The normalized spacial score (nSPS) is 11.4. The molecule has 0 saturated heterocycles. The summed E-state index contributed by atoms with van der Waals surface area (Å²) in [4.78, 5) is 22.5. The number of benzene rings is 2. The van der Waals surface area contributed by atoms with Gasteiger partial charge in [-0.1, -0.05) is 36.4 Å². The zero-order valence-corrected chi connectivity index (χ0v) is 18.9. The number of hydrogen-bond acceptors (Lipinski definition) is 6. The van der Waals surface area contributed by atoms with Gasteiger partial charge in [-0.15, -0.1) is 11.8 Å². The lowest BCUT2D eigenvalue weighted by atomic mass is 10.1. The smallest absolute Gasteiger partial charge is 0.190 e. The van der Waals surface area contributed by atoms with Crippen LogP contribution in [-0.2, 0) is 19.5 Å². The maximum atomic E-state index is 12.9. The minimum Gasteiger partial charge on any atom is -0.496 e. The third-order valence-electron chi connectivity index (χ3n) is 4.78. The van der Waals surface area contributed by atoms with Crippen LogP contribution in [0.3, 0.4) is 0 Å². The number of ether oxygens (including phenoxy) is 1. The van der Waals surface area contributed by atoms with E-state index in [1.807, 2.05) is 49.6 Å². The Morgan fingerprint density at radius 3 is 2.52 bits per heavy atom. The summed E-state index contributed by atoms with van der Waals surface area (Å²) >= 11 is 1.54. The van der Waals surface area contributed by atoms with Crippen molar-refractivity contribution in [2.24, 2.45) is 0 Å². The van der Waals surface area contributed by atoms with Gasteiger partial charge in [-0.05, 0) is 47.4 Å². The molecule has 0 aliphatic carbocycles. The number of nitrogens with zero attached hydrogens (tertiary/aromatic N) is 2. The quantitative estimate of drug-likeness (QED) is 0.368. The van der Waals surface area contributed by atoms with Crippen LogP contribution in [0.4, 0.5) is 0 Å². The van der Waals surface area contributed by atoms with Gasteiger partial charge < -0.3 is 10.1 Å². The monoisotopic (exact) mass is 433 g/mol. The first kappa shape index (κ1) is 22.7. The molecule has 0 saturated carbocycles. The van der Waals surface area contributed by atoms with E-state index < -0.39 is 0 Å². The van der Waals surface area contributed by atoms with E-state index in [0.29, 0.717) is 24.3 Å². The van der Waals surface area contributed by atoms with Crippen LogP contribution in [0.1, 0.15) is 32.9 Å². The Hall–Kier alpha value is -2.96. The lowest BCUT2D eigenvalue weighted by Gasteiger charge is -2.11. The van der Waals surface area contributed by atoms with E-state index in [4.69, 9.17) is 4.74 Å². The van der Waals surface area contributed by atoms with E-state index >= 15 is 0 Å². The molecule has 0 fully saturated rings. The molecule has 0 bridgehead atoms. The van der Waals surface area contributed by atoms with Crippen LogP contribution in [-0.4, -0.2) is 29.1 Å². The molecule has 160 valence electrons. The molecule has 0 amide bonds. The van der Waals surface area contributed by atoms with Crippen LogP contribution in [0.2, 0.25) is 0 Å². The Labute approximate surface area is 188 Å². The number of methoxy groups -OCH3 is 1. The minimum atomic E-state index is -0.0786. The predicted octanol–water partition coefficient (Wildman–Crippen LogP) is 4.76. The highest BCUT2D eigenvalue weighted by atomic mass is 32.2. The summed E-state index contributed by atoms with van der Waals surface area (Å²) in [5, 5.41) is 3.42. The standard InChI is InChI=1S/C25H27N3O2S/c1-18-14-28-21(17-27-18)12-22(31-3)13-24(29)23-10-9-20(11-25(23)30-2)16-26-15-19-7-5-4-6-8-19/h4-11,13-14,17,26H,12,15-16H2,1-3H3/b22-13-. The molecule has 0 radical (unpaired) electrons. The van der Waals surface area contributed by atoms with E-state index in [0.717, 1.165) is 28.4 Å². The summed E-state index contributed by atoms with van der Waals surface area (Å²) in [5.41, 5.74) is 4.56. The largest absolute Gasteiger partial charge is 0.496 e. The Morgan fingerprint density at radius 1 is 1.06 bits per heavy atom. The number of ketones is 1. The molecule has 6 heteroatoms. The maximum Gasteiger partial charge on any atom is 0.190 e. The van der Waals surface area contributed by atoms with Gasteiger partial charge in [-0.3, -0.25) is 14.8 Å². The number of hydrogen-bond donors (Lipinski definition) is 1. The third-order valence-corrected chi connectivity index (χ3v) is 5.56. The summed E-state index contributed by atoms with van der Waals surface area (Å²) in [6, 6.07) is 16.0. The van der Waals surface area contributed by atoms with Crippen molar-refractivity contribution < 1.29 is 9.53 Å². The summed E-state index contributed by atoms with van der Waals surface area (Å²) in [6.45, 7) is 3.38. The second kappa shape index (κ2) is 11.4. The Balaban J connectivity index is 1.67. The maximum absolute atomic E-state index is 12.9. The zero-order valence-electron chi connectivity index (χ0n) is 18.1. The second-order valence-corrected chi connectivity index (χ2v) is 8.06. The second-order valence-electron chi connectivity index (χ2n) is 7.13. The summed E-state index contributed by atoms with van der Waals surface area (Å²) in [6.07, 6.45) is 7.69. The molecule has 1 aromatic heterocycles. The highest BCUT2D eigenvalue weighted by Gasteiger charge is 2.13. The van der Waals surface area contributed by atoms with E-state index in [-0.39, 0.29) is 5.78 Å². The molecule has 1 heterocycles. The Kier molecular flexibility index (Phi) is 8.38. The van der Waals surface area contributed by atoms with E-state index in [2.05, 4.69) is 27.4 Å². The molecule has 5 nitrogen and oxygen atoms in total. The lowest BCUT2D eigenvalue weighted by Crippen LogP contribution is -2.13. The van der Waals surface area contributed by atoms with Crippen LogP contribution < -0.4 is 10.1 Å². The Morgan fingerprint density at radius 2 is 1.84 bits per heavy atom. The summed E-state index contributed by atoms with van der Waals surface area (Å²) in [5.74, 6) is 0.501. The van der Waals surface area contributed by atoms with E-state index in [1.165, 1.54) is 17.3 Å². The molecular formula is C25H27N3O2S. The number of nitrogens with one attached hydrogen (secondary N) is 1. The number of aromatic nitrogens is 2. The van der Waals surface area contributed by atoms with Crippen molar-refractivity contribution in [3.05, 3.63) is 100.0 Å². The predicted molar refractivity (Wildman–Crippen MR) is 126 cm³/mol. The first-order valence-electron chi connectivity index (χ1n) is 10.1. The molecular weight excluding hydrogens is 406 g/mol. The molecule has 31 heavy (non-hydrogen) atoms. The van der Waals surface area contributed by atoms with Crippen LogP contribution in [0, 0.1) is 6.92 Å². The van der Waals surface area contributed by atoms with Crippen molar-refractivity contribution in [2.45, 2.75) is 26.4 Å².